The first-order valence-corrected chi connectivity index (χ1v) is 16.1. The Morgan fingerprint density at radius 2 is 1.90 bits per heavy atom. The topological polar surface area (TPSA) is 135 Å². The molecule has 0 bridgehead atoms. The molecule has 1 aromatic carbocycles. The number of benzene rings is 1. The van der Waals surface area contributed by atoms with Gasteiger partial charge in [-0.2, -0.15) is 0 Å². The molecule has 3 atom stereocenters. The molecule has 0 aromatic heterocycles. The Morgan fingerprint density at radius 3 is 2.51 bits per heavy atom. The Morgan fingerprint density at radius 1 is 1.20 bits per heavy atom. The van der Waals surface area contributed by atoms with Gasteiger partial charge in [0.15, 0.2) is 11.5 Å². The van der Waals surface area contributed by atoms with E-state index >= 15 is 0 Å². The van der Waals surface area contributed by atoms with E-state index in [9.17, 15) is 23.1 Å². The number of carboxylic acids is 1. The van der Waals surface area contributed by atoms with Gasteiger partial charge in [-0.1, -0.05) is 13.3 Å². The van der Waals surface area contributed by atoms with E-state index in [-0.39, 0.29) is 32.2 Å². The number of amides is 1. The summed E-state index contributed by atoms with van der Waals surface area (Å²) in [5.41, 5.74) is 0.709. The first-order chi connectivity index (χ1) is 19.2. The van der Waals surface area contributed by atoms with E-state index in [1.54, 1.807) is 12.1 Å². The van der Waals surface area contributed by atoms with Gasteiger partial charge in [0.25, 0.3) is 0 Å². The van der Waals surface area contributed by atoms with Crippen LogP contribution in [0.5, 0.6) is 17.2 Å². The number of carboxylic acid groups (broad SMARTS) is 1. The SMILES string of the molecule is CCCCN(CCC[N+](C)(C)C)C(=O)CN1C[C@H](c2cc(OC)c3c(c2)OCO3)[C@@H](C(=O)O)[C@@H]1CCNS(C)(=O)=O. The van der Waals surface area contributed by atoms with E-state index in [0.717, 1.165) is 36.5 Å². The number of carbonyl (C=O) groups excluding carboxylic acids is 1. The van der Waals surface area contributed by atoms with Crippen LogP contribution < -0.4 is 18.9 Å². The summed E-state index contributed by atoms with van der Waals surface area (Å²) in [6, 6.07) is 2.98. The van der Waals surface area contributed by atoms with Gasteiger partial charge in [0.1, 0.15) is 0 Å². The van der Waals surface area contributed by atoms with Crippen LogP contribution in [-0.4, -0.2) is 126 Å². The number of aliphatic carboxylic acids is 1. The van der Waals surface area contributed by atoms with Crippen LogP contribution in [0.15, 0.2) is 12.1 Å². The highest BCUT2D eigenvalue weighted by Crippen LogP contribution is 2.47. The highest BCUT2D eigenvalue weighted by molar-refractivity contribution is 7.88. The van der Waals surface area contributed by atoms with Crippen molar-refractivity contribution in [1.82, 2.24) is 14.5 Å². The van der Waals surface area contributed by atoms with Crippen molar-refractivity contribution in [3.05, 3.63) is 17.7 Å². The molecule has 12 nitrogen and oxygen atoms in total. The Hall–Kier alpha value is -2.61. The smallest absolute Gasteiger partial charge is 0.308 e. The molecule has 1 fully saturated rings. The molecule has 1 aromatic rings. The standard InChI is InChI=1S/C28H46N4O8S/c1-7-8-12-30(13-9-14-32(2,3)4)25(33)18-31-17-21(20-15-23(38-5)27-24(16-20)39-19-40-27)26(28(34)35)22(31)10-11-29-41(6,36)37/h15-16,21-22,26,29H,7-14,17-19H2,1-6H3/p+1/t21-,22+,26-/m1/s1. The van der Waals surface area contributed by atoms with Gasteiger partial charge in [-0.05, 0) is 30.5 Å². The molecular formula is C28H47N4O8S+. The lowest BCUT2D eigenvalue weighted by molar-refractivity contribution is -0.870. The maximum atomic E-state index is 13.7. The number of hydrogen-bond donors (Lipinski definition) is 2. The first-order valence-electron chi connectivity index (χ1n) is 14.2. The third kappa shape index (κ3) is 9.19. The van der Waals surface area contributed by atoms with Crippen molar-refractivity contribution in [1.29, 1.82) is 0 Å². The van der Waals surface area contributed by atoms with Crippen LogP contribution in [0.25, 0.3) is 0 Å². The molecule has 0 spiro atoms. The summed E-state index contributed by atoms with van der Waals surface area (Å²) < 4.78 is 43.4. The van der Waals surface area contributed by atoms with Crippen LogP contribution in [0.2, 0.25) is 0 Å². The lowest BCUT2D eigenvalue weighted by Crippen LogP contribution is -2.46. The minimum atomic E-state index is -3.46. The summed E-state index contributed by atoms with van der Waals surface area (Å²) in [5.74, 6) is -0.998. The van der Waals surface area contributed by atoms with Gasteiger partial charge in [-0.25, -0.2) is 13.1 Å². The van der Waals surface area contributed by atoms with Crippen molar-refractivity contribution in [2.45, 2.75) is 44.6 Å². The Bertz CT molecular complexity index is 1170. The largest absolute Gasteiger partial charge is 0.493 e. The molecular weight excluding hydrogens is 552 g/mol. The number of rotatable bonds is 16. The quantitative estimate of drug-likeness (QED) is 0.272. The van der Waals surface area contributed by atoms with E-state index in [0.29, 0.717) is 42.4 Å². The average molecular weight is 600 g/mol. The van der Waals surface area contributed by atoms with E-state index < -0.39 is 33.9 Å². The summed E-state index contributed by atoms with van der Waals surface area (Å²) in [5, 5.41) is 10.4. The van der Waals surface area contributed by atoms with E-state index in [1.165, 1.54) is 7.11 Å². The minimum absolute atomic E-state index is 0.0459. The van der Waals surface area contributed by atoms with Crippen molar-refractivity contribution in [2.24, 2.45) is 5.92 Å². The fourth-order valence-corrected chi connectivity index (χ4v) is 6.15. The van der Waals surface area contributed by atoms with Crippen LogP contribution in [0, 0.1) is 5.92 Å². The molecule has 2 N–H and O–H groups in total. The molecule has 2 heterocycles. The number of quaternary nitrogens is 1. The first kappa shape index (κ1) is 32.9. The minimum Gasteiger partial charge on any atom is -0.493 e. The third-order valence-electron chi connectivity index (χ3n) is 7.68. The maximum Gasteiger partial charge on any atom is 0.308 e. The monoisotopic (exact) mass is 599 g/mol. The van der Waals surface area contributed by atoms with Crippen molar-refractivity contribution < 1.29 is 41.8 Å². The summed E-state index contributed by atoms with van der Waals surface area (Å²) in [6.07, 6.45) is 4.01. The van der Waals surface area contributed by atoms with Gasteiger partial charge in [0.05, 0.1) is 53.5 Å². The number of carbonyl (C=O) groups is 2. The fraction of sp³-hybridized carbons (Fsp3) is 0.714. The molecule has 3 rings (SSSR count). The van der Waals surface area contributed by atoms with Crippen LogP contribution >= 0.6 is 0 Å². The van der Waals surface area contributed by atoms with Gasteiger partial charge < -0.3 is 28.7 Å². The van der Waals surface area contributed by atoms with Crippen LogP contribution in [0.1, 0.15) is 44.1 Å². The predicted molar refractivity (Wildman–Crippen MR) is 155 cm³/mol. The second kappa shape index (κ2) is 14.0. The highest BCUT2D eigenvalue weighted by Gasteiger charge is 2.47. The summed E-state index contributed by atoms with van der Waals surface area (Å²) in [7, 11) is 4.41. The fourth-order valence-electron chi connectivity index (χ4n) is 5.67. The number of hydrogen-bond acceptors (Lipinski definition) is 8. The molecule has 0 radical (unpaired) electrons. The summed E-state index contributed by atoms with van der Waals surface area (Å²) in [6.45, 7) is 4.77. The maximum absolute atomic E-state index is 13.7. The Balaban J connectivity index is 1.89. The van der Waals surface area contributed by atoms with Crippen molar-refractivity contribution in [3.8, 4) is 17.2 Å². The van der Waals surface area contributed by atoms with Crippen molar-refractivity contribution in [2.75, 3.05) is 80.6 Å². The molecule has 0 aliphatic carbocycles. The molecule has 1 saturated heterocycles. The van der Waals surface area contributed by atoms with Gasteiger partial charge in [0.2, 0.25) is 28.5 Å². The van der Waals surface area contributed by atoms with Crippen LogP contribution in [0.4, 0.5) is 0 Å². The Kier molecular flexibility index (Phi) is 11.3. The normalized spacial score (nSPS) is 20.8. The number of sulfonamides is 1. The number of ether oxygens (including phenoxy) is 3. The average Bonchev–Trinajstić information content (AvgIpc) is 3.49. The summed E-state index contributed by atoms with van der Waals surface area (Å²) in [4.78, 5) is 30.2. The van der Waals surface area contributed by atoms with Crippen LogP contribution in [-0.2, 0) is 19.6 Å². The number of fused-ring (bicyclic) bond motifs is 1. The molecule has 232 valence electrons. The lowest BCUT2D eigenvalue weighted by atomic mass is 9.84. The Labute approximate surface area is 244 Å². The van der Waals surface area contributed by atoms with Crippen molar-refractivity contribution in [3.63, 3.8) is 0 Å². The third-order valence-corrected chi connectivity index (χ3v) is 8.40. The molecule has 2 aliphatic rings. The summed E-state index contributed by atoms with van der Waals surface area (Å²) >= 11 is 0. The van der Waals surface area contributed by atoms with Gasteiger partial charge in [0, 0.05) is 44.6 Å². The molecule has 0 unspecified atom stereocenters. The van der Waals surface area contributed by atoms with Gasteiger partial charge in [-0.3, -0.25) is 14.5 Å². The zero-order valence-corrected chi connectivity index (χ0v) is 26.0. The van der Waals surface area contributed by atoms with Gasteiger partial charge >= 0.3 is 5.97 Å². The number of unbranched alkanes of at least 4 members (excludes halogenated alkanes) is 1. The molecule has 13 heteroatoms. The molecule has 0 saturated carbocycles. The zero-order chi connectivity index (χ0) is 30.4. The molecule has 2 aliphatic heterocycles. The lowest BCUT2D eigenvalue weighted by Gasteiger charge is -2.30. The van der Waals surface area contributed by atoms with E-state index in [4.69, 9.17) is 14.2 Å². The second-order valence-corrected chi connectivity index (χ2v) is 13.8. The number of methoxy groups -OCH3 is 1. The van der Waals surface area contributed by atoms with E-state index in [2.05, 4.69) is 32.8 Å². The van der Waals surface area contributed by atoms with E-state index in [1.807, 2.05) is 9.80 Å². The van der Waals surface area contributed by atoms with Crippen LogP contribution in [0.3, 0.4) is 0 Å². The molecule has 41 heavy (non-hydrogen) atoms. The number of nitrogens with one attached hydrogen (secondary N) is 1. The molecule has 1 amide bonds. The predicted octanol–water partition coefficient (Wildman–Crippen LogP) is 1.56. The zero-order valence-electron chi connectivity index (χ0n) is 25.2. The number of nitrogens with zero attached hydrogens (tertiary/aromatic N) is 3. The highest BCUT2D eigenvalue weighted by atomic mass is 32.2. The number of likely N-dealkylation sites (tertiary alicyclic amines) is 1. The second-order valence-electron chi connectivity index (χ2n) is 12.0. The van der Waals surface area contributed by atoms with Crippen molar-refractivity contribution >= 4 is 21.9 Å². The van der Waals surface area contributed by atoms with Gasteiger partial charge in [-0.15, -0.1) is 0 Å².